The number of nitrogens with two attached hydrogens (primary N) is 1. The van der Waals surface area contributed by atoms with Crippen LogP contribution in [0.5, 0.6) is 0 Å². The summed E-state index contributed by atoms with van der Waals surface area (Å²) < 4.78 is 0. The van der Waals surface area contributed by atoms with Gasteiger partial charge in [-0.05, 0) is 57.2 Å². The summed E-state index contributed by atoms with van der Waals surface area (Å²) in [5, 5.41) is 11.7. The molecule has 1 aromatic carbocycles. The van der Waals surface area contributed by atoms with Gasteiger partial charge >= 0.3 is 6.03 Å². The summed E-state index contributed by atoms with van der Waals surface area (Å²) in [6, 6.07) is 4.45. The minimum absolute atomic E-state index is 0.206. The van der Waals surface area contributed by atoms with Crippen molar-refractivity contribution in [3.63, 3.8) is 0 Å². The van der Waals surface area contributed by atoms with Gasteiger partial charge in [-0.1, -0.05) is 6.07 Å². The molecule has 30 heavy (non-hydrogen) atoms. The predicted molar refractivity (Wildman–Crippen MR) is 110 cm³/mol. The number of primary amides is 1. The number of hydrogen-bond donors (Lipinski definition) is 5. The Morgan fingerprint density at radius 3 is 2.87 bits per heavy atom. The molecular formula is C20H28N6O4. The fourth-order valence-electron chi connectivity index (χ4n) is 3.95. The van der Waals surface area contributed by atoms with E-state index >= 15 is 0 Å². The van der Waals surface area contributed by atoms with Crippen molar-refractivity contribution in [1.82, 2.24) is 25.7 Å². The van der Waals surface area contributed by atoms with E-state index in [9.17, 15) is 14.4 Å². The van der Waals surface area contributed by atoms with Crippen LogP contribution in [0.15, 0.2) is 18.2 Å². The molecule has 0 aliphatic carbocycles. The quantitative estimate of drug-likeness (QED) is 0.247. The molecule has 0 spiro atoms. The Morgan fingerprint density at radius 1 is 1.40 bits per heavy atom. The summed E-state index contributed by atoms with van der Waals surface area (Å²) in [5.41, 5.74) is 8.57. The van der Waals surface area contributed by atoms with Crippen LogP contribution >= 0.6 is 0 Å². The molecule has 3 rings (SSSR count). The second kappa shape index (κ2) is 8.70. The lowest BCUT2D eigenvalue weighted by Crippen LogP contribution is -2.49. The number of likely N-dealkylation sites (tertiary alicyclic amines) is 1. The highest BCUT2D eigenvalue weighted by molar-refractivity contribution is 5.94. The van der Waals surface area contributed by atoms with Crippen molar-refractivity contribution in [3.8, 4) is 0 Å². The molecule has 4 amide bonds. The number of aryl methyl sites for hydroxylation is 1. The number of imidazole rings is 1. The zero-order chi connectivity index (χ0) is 21.9. The van der Waals surface area contributed by atoms with Crippen LogP contribution in [0, 0.1) is 6.92 Å². The van der Waals surface area contributed by atoms with Gasteiger partial charge in [0.1, 0.15) is 17.3 Å². The zero-order valence-electron chi connectivity index (χ0n) is 17.2. The first-order valence-corrected chi connectivity index (χ1v) is 10.0. The molecule has 1 aliphatic heterocycles. The van der Waals surface area contributed by atoms with Gasteiger partial charge in [0.25, 0.3) is 5.91 Å². The van der Waals surface area contributed by atoms with E-state index in [1.807, 2.05) is 32.0 Å². The zero-order valence-corrected chi connectivity index (χ0v) is 17.2. The van der Waals surface area contributed by atoms with Crippen LogP contribution in [0.25, 0.3) is 11.0 Å². The molecule has 0 saturated carbocycles. The van der Waals surface area contributed by atoms with Crippen molar-refractivity contribution in [1.29, 1.82) is 0 Å². The van der Waals surface area contributed by atoms with Crippen molar-refractivity contribution in [3.05, 3.63) is 29.6 Å². The van der Waals surface area contributed by atoms with Gasteiger partial charge in [0, 0.05) is 13.1 Å². The van der Waals surface area contributed by atoms with Crippen LogP contribution in [0.3, 0.4) is 0 Å². The number of carbonyl (C=O) groups excluding carboxylic acids is 3. The van der Waals surface area contributed by atoms with Crippen LogP contribution < -0.4 is 16.5 Å². The largest absolute Gasteiger partial charge is 0.352 e. The van der Waals surface area contributed by atoms with E-state index in [2.05, 4.69) is 15.3 Å². The SMILES string of the molecule is Cc1ccc2nc(C3(C)CCN(C(CCCCNC(N)=O)C(=O)NO)C3=O)[nH]c2c1. The minimum atomic E-state index is -0.881. The summed E-state index contributed by atoms with van der Waals surface area (Å²) in [7, 11) is 0. The predicted octanol–water partition coefficient (Wildman–Crippen LogP) is 1.07. The van der Waals surface area contributed by atoms with Crippen LogP contribution in [-0.2, 0) is 15.0 Å². The highest BCUT2D eigenvalue weighted by Crippen LogP contribution is 2.36. The Hall–Kier alpha value is -3.14. The number of rotatable bonds is 8. The third-order valence-corrected chi connectivity index (χ3v) is 5.74. The number of fused-ring (bicyclic) bond motifs is 1. The van der Waals surface area contributed by atoms with E-state index < -0.39 is 23.4 Å². The molecular weight excluding hydrogens is 388 g/mol. The van der Waals surface area contributed by atoms with Gasteiger partial charge in [-0.15, -0.1) is 0 Å². The van der Waals surface area contributed by atoms with E-state index in [0.717, 1.165) is 16.6 Å². The second-order valence-electron chi connectivity index (χ2n) is 7.97. The topological polar surface area (TPSA) is 153 Å². The number of aromatic amines is 1. The Kier molecular flexibility index (Phi) is 6.25. The normalized spacial score (nSPS) is 19.8. The van der Waals surface area contributed by atoms with Crippen molar-refractivity contribution in [2.75, 3.05) is 13.1 Å². The number of hydroxylamine groups is 1. The number of H-pyrrole nitrogens is 1. The maximum atomic E-state index is 13.3. The van der Waals surface area contributed by atoms with E-state index in [1.54, 1.807) is 5.48 Å². The first-order chi connectivity index (χ1) is 14.3. The Balaban J connectivity index is 1.75. The first kappa shape index (κ1) is 21.6. The molecule has 0 bridgehead atoms. The molecule has 1 aliphatic rings. The summed E-state index contributed by atoms with van der Waals surface area (Å²) in [6.07, 6.45) is 2.03. The Labute approximate surface area is 174 Å². The van der Waals surface area contributed by atoms with E-state index in [1.165, 1.54) is 4.90 Å². The number of nitrogens with zero attached hydrogens (tertiary/aromatic N) is 2. The molecule has 2 unspecified atom stereocenters. The van der Waals surface area contributed by atoms with Crippen molar-refractivity contribution in [2.45, 2.75) is 51.0 Å². The lowest BCUT2D eigenvalue weighted by atomic mass is 9.88. The number of hydrogen-bond acceptors (Lipinski definition) is 5. The second-order valence-corrected chi connectivity index (χ2v) is 7.97. The molecule has 6 N–H and O–H groups in total. The van der Waals surface area contributed by atoms with Crippen LogP contribution in [-0.4, -0.2) is 57.1 Å². The number of benzene rings is 1. The Bertz CT molecular complexity index is 958. The Morgan fingerprint density at radius 2 is 2.17 bits per heavy atom. The van der Waals surface area contributed by atoms with Crippen molar-refractivity contribution in [2.24, 2.45) is 5.73 Å². The first-order valence-electron chi connectivity index (χ1n) is 10.0. The van der Waals surface area contributed by atoms with Crippen LogP contribution in [0.1, 0.15) is 44.0 Å². The number of unbranched alkanes of at least 4 members (excludes halogenated alkanes) is 1. The van der Waals surface area contributed by atoms with E-state index in [4.69, 9.17) is 10.9 Å². The van der Waals surface area contributed by atoms with Gasteiger partial charge in [0.2, 0.25) is 5.91 Å². The fourth-order valence-corrected chi connectivity index (χ4v) is 3.95. The number of amides is 4. The van der Waals surface area contributed by atoms with Crippen molar-refractivity contribution >= 4 is 28.9 Å². The third-order valence-electron chi connectivity index (χ3n) is 5.74. The smallest absolute Gasteiger partial charge is 0.312 e. The lowest BCUT2D eigenvalue weighted by Gasteiger charge is -2.28. The summed E-state index contributed by atoms with van der Waals surface area (Å²) >= 11 is 0. The van der Waals surface area contributed by atoms with Gasteiger partial charge in [-0.25, -0.2) is 15.3 Å². The van der Waals surface area contributed by atoms with Crippen LogP contribution in [0.4, 0.5) is 4.79 Å². The highest BCUT2D eigenvalue weighted by Gasteiger charge is 2.49. The lowest BCUT2D eigenvalue weighted by molar-refractivity contribution is -0.144. The maximum absolute atomic E-state index is 13.3. The van der Waals surface area contributed by atoms with Gasteiger partial charge in [0.05, 0.1) is 11.0 Å². The third kappa shape index (κ3) is 4.23. The number of aromatic nitrogens is 2. The number of urea groups is 1. The molecule has 1 fully saturated rings. The van der Waals surface area contributed by atoms with E-state index in [0.29, 0.717) is 44.6 Å². The van der Waals surface area contributed by atoms with Gasteiger partial charge in [-0.2, -0.15) is 0 Å². The molecule has 2 atom stereocenters. The molecule has 10 nitrogen and oxygen atoms in total. The standard InChI is InChI=1S/C20H28N6O4/c1-12-6-7-13-14(11-12)24-17(23-13)20(2)8-10-26(18(20)28)15(16(27)25-30)5-3-4-9-22-19(21)29/h6-7,11,15,30H,3-5,8-10H2,1-2H3,(H,23,24)(H,25,27)(H3,21,22,29). The molecule has 1 saturated heterocycles. The molecule has 0 radical (unpaired) electrons. The summed E-state index contributed by atoms with van der Waals surface area (Å²) in [6.45, 7) is 4.57. The average molecular weight is 416 g/mol. The fraction of sp³-hybridized carbons (Fsp3) is 0.500. The monoisotopic (exact) mass is 416 g/mol. The van der Waals surface area contributed by atoms with Gasteiger partial charge < -0.3 is 20.9 Å². The molecule has 2 aromatic rings. The maximum Gasteiger partial charge on any atom is 0.312 e. The van der Waals surface area contributed by atoms with Gasteiger partial charge in [-0.3, -0.25) is 14.8 Å². The van der Waals surface area contributed by atoms with E-state index in [-0.39, 0.29) is 5.91 Å². The summed E-state index contributed by atoms with van der Waals surface area (Å²) in [4.78, 5) is 45.7. The number of nitrogens with one attached hydrogen (secondary N) is 3. The van der Waals surface area contributed by atoms with Crippen LogP contribution in [0.2, 0.25) is 0 Å². The minimum Gasteiger partial charge on any atom is -0.352 e. The summed E-state index contributed by atoms with van der Waals surface area (Å²) in [5.74, 6) is -0.262. The molecule has 10 heteroatoms. The average Bonchev–Trinajstić information content (AvgIpc) is 3.26. The van der Waals surface area contributed by atoms with Gasteiger partial charge in [0.15, 0.2) is 0 Å². The molecule has 2 heterocycles. The molecule has 162 valence electrons. The highest BCUT2D eigenvalue weighted by atomic mass is 16.5. The molecule has 1 aromatic heterocycles. The van der Waals surface area contributed by atoms with Crippen molar-refractivity contribution < 1.29 is 19.6 Å². The number of carbonyl (C=O) groups is 3.